The van der Waals surface area contributed by atoms with Crippen LogP contribution in [0.2, 0.25) is 0 Å². The van der Waals surface area contributed by atoms with Gasteiger partial charge in [0.15, 0.2) is 0 Å². The van der Waals surface area contributed by atoms with E-state index in [0.717, 1.165) is 12.8 Å². The molecule has 1 aliphatic heterocycles. The van der Waals surface area contributed by atoms with Gasteiger partial charge in [-0.3, -0.25) is 4.99 Å². The largest absolute Gasteiger partial charge is 0.283 e. The van der Waals surface area contributed by atoms with E-state index in [9.17, 15) is 4.39 Å². The molecule has 1 unspecified atom stereocenters. The number of aliphatic imine (C=N–C) groups is 1. The second kappa shape index (κ2) is 4.00. The third-order valence-corrected chi connectivity index (χ3v) is 3.11. The molecule has 86 valence electrons. The molecule has 1 aliphatic rings. The lowest BCUT2D eigenvalue weighted by atomic mass is 10.00. The van der Waals surface area contributed by atoms with Gasteiger partial charge in [-0.1, -0.05) is 29.8 Å². The van der Waals surface area contributed by atoms with Gasteiger partial charge in [0, 0.05) is 5.71 Å². The molecule has 0 N–H and O–H groups in total. The molecule has 2 rings (SSSR count). The fourth-order valence-corrected chi connectivity index (χ4v) is 2.07. The lowest BCUT2D eigenvalue weighted by molar-refractivity contribution is 0.311. The van der Waals surface area contributed by atoms with E-state index >= 15 is 0 Å². The van der Waals surface area contributed by atoms with Crippen molar-refractivity contribution >= 4 is 5.71 Å². The van der Waals surface area contributed by atoms with E-state index in [1.165, 1.54) is 11.1 Å². The van der Waals surface area contributed by atoms with Crippen molar-refractivity contribution in [2.75, 3.05) is 0 Å². The van der Waals surface area contributed by atoms with Crippen LogP contribution >= 0.6 is 0 Å². The summed E-state index contributed by atoms with van der Waals surface area (Å²) in [7, 11) is 0. The van der Waals surface area contributed by atoms with Crippen LogP contribution < -0.4 is 0 Å². The van der Waals surface area contributed by atoms with Crippen LogP contribution in [0.4, 0.5) is 4.39 Å². The molecule has 1 atom stereocenters. The molecule has 0 aliphatic carbocycles. The molecule has 0 fully saturated rings. The summed E-state index contributed by atoms with van der Waals surface area (Å²) < 4.78 is 13.7. The number of rotatable bonds is 2. The monoisotopic (exact) mass is 219 g/mol. The average molecular weight is 219 g/mol. The van der Waals surface area contributed by atoms with Crippen molar-refractivity contribution in [2.24, 2.45) is 4.99 Å². The van der Waals surface area contributed by atoms with Gasteiger partial charge < -0.3 is 0 Å². The lowest BCUT2D eigenvalue weighted by Gasteiger charge is -2.13. The standard InChI is InChI=1S/C14H18FN/c1-10-4-6-11(7-5-10)12-8-9-13(16-12)14(2,3)15/h4-7,12H,8-9H2,1-3H3. The number of hydrogen-bond acceptors (Lipinski definition) is 1. The normalized spacial score (nSPS) is 21.0. The van der Waals surface area contributed by atoms with Gasteiger partial charge in [0.1, 0.15) is 5.67 Å². The van der Waals surface area contributed by atoms with Gasteiger partial charge in [-0.05, 0) is 39.2 Å². The molecule has 0 aromatic heterocycles. The van der Waals surface area contributed by atoms with Gasteiger partial charge in [-0.25, -0.2) is 4.39 Å². The quantitative estimate of drug-likeness (QED) is 0.712. The predicted octanol–water partition coefficient (Wildman–Crippen LogP) is 4.02. The van der Waals surface area contributed by atoms with Gasteiger partial charge in [0.25, 0.3) is 0 Å². The van der Waals surface area contributed by atoms with E-state index in [2.05, 4.69) is 36.2 Å². The second-order valence-electron chi connectivity index (χ2n) is 5.01. The minimum Gasteiger partial charge on any atom is -0.283 e. The first-order chi connectivity index (χ1) is 7.47. The smallest absolute Gasteiger partial charge is 0.142 e. The maximum absolute atomic E-state index is 13.7. The summed E-state index contributed by atoms with van der Waals surface area (Å²) in [6.07, 6.45) is 1.72. The number of nitrogens with zero attached hydrogens (tertiary/aromatic N) is 1. The molecule has 1 aromatic carbocycles. The van der Waals surface area contributed by atoms with Crippen LogP contribution in [0.15, 0.2) is 29.3 Å². The minimum atomic E-state index is -1.26. The number of benzene rings is 1. The molecule has 16 heavy (non-hydrogen) atoms. The van der Waals surface area contributed by atoms with Crippen molar-refractivity contribution < 1.29 is 4.39 Å². The molecule has 1 heterocycles. The summed E-state index contributed by atoms with van der Waals surface area (Å²) in [5.41, 5.74) is 1.89. The first-order valence-electron chi connectivity index (χ1n) is 5.79. The van der Waals surface area contributed by atoms with Gasteiger partial charge in [-0.2, -0.15) is 0 Å². The topological polar surface area (TPSA) is 12.4 Å². The number of hydrogen-bond donors (Lipinski definition) is 0. The molecule has 1 aromatic rings. The molecule has 0 amide bonds. The number of aryl methyl sites for hydroxylation is 1. The highest BCUT2D eigenvalue weighted by atomic mass is 19.1. The molecule has 0 bridgehead atoms. The zero-order valence-corrected chi connectivity index (χ0v) is 10.1. The summed E-state index contributed by atoms with van der Waals surface area (Å²) in [5.74, 6) is 0. The van der Waals surface area contributed by atoms with E-state index in [0.29, 0.717) is 5.71 Å². The fraction of sp³-hybridized carbons (Fsp3) is 0.500. The molecule has 0 radical (unpaired) electrons. The van der Waals surface area contributed by atoms with E-state index in [1.54, 1.807) is 13.8 Å². The third kappa shape index (κ3) is 2.31. The van der Waals surface area contributed by atoms with Crippen molar-refractivity contribution in [1.29, 1.82) is 0 Å². The summed E-state index contributed by atoms with van der Waals surface area (Å²) in [6.45, 7) is 5.24. The first-order valence-corrected chi connectivity index (χ1v) is 5.79. The Morgan fingerprint density at radius 2 is 1.88 bits per heavy atom. The molecular formula is C14H18FN. The van der Waals surface area contributed by atoms with Crippen LogP contribution in [0.5, 0.6) is 0 Å². The lowest BCUT2D eigenvalue weighted by Crippen LogP contribution is -2.23. The van der Waals surface area contributed by atoms with Crippen LogP contribution in [0, 0.1) is 6.92 Å². The number of alkyl halides is 1. The van der Waals surface area contributed by atoms with Gasteiger partial charge >= 0.3 is 0 Å². The SMILES string of the molecule is Cc1ccc(C2CCC(C(C)(C)F)=N2)cc1. The number of halogens is 1. The van der Waals surface area contributed by atoms with Crippen molar-refractivity contribution in [3.05, 3.63) is 35.4 Å². The Morgan fingerprint density at radius 1 is 1.25 bits per heavy atom. The third-order valence-electron chi connectivity index (χ3n) is 3.11. The zero-order chi connectivity index (χ0) is 11.8. The van der Waals surface area contributed by atoms with Crippen LogP contribution in [-0.2, 0) is 0 Å². The minimum absolute atomic E-state index is 0.158. The maximum atomic E-state index is 13.7. The Bertz CT molecular complexity index is 398. The van der Waals surface area contributed by atoms with Crippen LogP contribution in [-0.4, -0.2) is 11.4 Å². The Balaban J connectivity index is 2.20. The van der Waals surface area contributed by atoms with E-state index in [4.69, 9.17) is 0 Å². The Kier molecular flexibility index (Phi) is 2.83. The van der Waals surface area contributed by atoms with Crippen LogP contribution in [0.1, 0.15) is 43.9 Å². The van der Waals surface area contributed by atoms with Crippen LogP contribution in [0.25, 0.3) is 0 Å². The molecule has 0 saturated carbocycles. The first kappa shape index (κ1) is 11.3. The molecule has 0 saturated heterocycles. The maximum Gasteiger partial charge on any atom is 0.142 e. The molecule has 0 spiro atoms. The average Bonchev–Trinajstić information content (AvgIpc) is 2.67. The van der Waals surface area contributed by atoms with Crippen molar-refractivity contribution in [3.8, 4) is 0 Å². The van der Waals surface area contributed by atoms with Crippen LogP contribution in [0.3, 0.4) is 0 Å². The summed E-state index contributed by atoms with van der Waals surface area (Å²) >= 11 is 0. The fourth-order valence-electron chi connectivity index (χ4n) is 2.07. The van der Waals surface area contributed by atoms with Gasteiger partial charge in [0.05, 0.1) is 6.04 Å². The van der Waals surface area contributed by atoms with Gasteiger partial charge in [-0.15, -0.1) is 0 Å². The summed E-state index contributed by atoms with van der Waals surface area (Å²) in [4.78, 5) is 4.50. The Labute approximate surface area is 96.4 Å². The van der Waals surface area contributed by atoms with Crippen molar-refractivity contribution in [1.82, 2.24) is 0 Å². The Morgan fingerprint density at radius 3 is 2.38 bits per heavy atom. The Hall–Kier alpha value is -1.18. The van der Waals surface area contributed by atoms with Crippen molar-refractivity contribution in [2.45, 2.75) is 45.3 Å². The highest BCUT2D eigenvalue weighted by molar-refractivity contribution is 5.93. The summed E-state index contributed by atoms with van der Waals surface area (Å²) in [6, 6.07) is 8.52. The highest BCUT2D eigenvalue weighted by Crippen LogP contribution is 2.33. The molecule has 1 nitrogen and oxygen atoms in total. The van der Waals surface area contributed by atoms with E-state index in [-0.39, 0.29) is 6.04 Å². The highest BCUT2D eigenvalue weighted by Gasteiger charge is 2.30. The summed E-state index contributed by atoms with van der Waals surface area (Å²) in [5, 5.41) is 0. The van der Waals surface area contributed by atoms with E-state index < -0.39 is 5.67 Å². The molecular weight excluding hydrogens is 201 g/mol. The van der Waals surface area contributed by atoms with Gasteiger partial charge in [0.2, 0.25) is 0 Å². The molecule has 2 heteroatoms. The van der Waals surface area contributed by atoms with E-state index in [1.807, 2.05) is 0 Å². The predicted molar refractivity (Wildman–Crippen MR) is 65.8 cm³/mol. The van der Waals surface area contributed by atoms with Crippen molar-refractivity contribution in [3.63, 3.8) is 0 Å². The zero-order valence-electron chi connectivity index (χ0n) is 10.1. The second-order valence-corrected chi connectivity index (χ2v) is 5.01.